The quantitative estimate of drug-likeness (QED) is 0.0537. The molecule has 17 nitrogen and oxygen atoms in total. The van der Waals surface area contributed by atoms with Gasteiger partial charge in [-0.15, -0.1) is 0 Å². The third-order valence-electron chi connectivity index (χ3n) is 9.07. The lowest BCUT2D eigenvalue weighted by Crippen LogP contribution is -2.32. The van der Waals surface area contributed by atoms with Crippen LogP contribution in [0.3, 0.4) is 0 Å². The molecule has 0 bridgehead atoms. The normalized spacial score (nSPS) is 10.6. The Morgan fingerprint density at radius 3 is 1.57 bits per heavy atom. The second-order valence-corrected chi connectivity index (χ2v) is 13.1. The molecule has 5 rings (SSSR count). The number of methoxy groups -OCH3 is 2. The van der Waals surface area contributed by atoms with Gasteiger partial charge in [0.05, 0.1) is 43.8 Å². The average molecular weight is 861 g/mol. The van der Waals surface area contributed by atoms with E-state index in [0.29, 0.717) is 28.1 Å². The summed E-state index contributed by atoms with van der Waals surface area (Å²) in [5, 5.41) is 50.6. The van der Waals surface area contributed by atoms with Crippen LogP contribution in [-0.4, -0.2) is 71.6 Å². The van der Waals surface area contributed by atoms with Gasteiger partial charge < -0.3 is 51.4 Å². The molecule has 0 aliphatic rings. The van der Waals surface area contributed by atoms with Crippen molar-refractivity contribution in [3.8, 4) is 29.1 Å². The molecule has 5 aromatic rings. The molecule has 0 heterocycles. The molecule has 0 aromatic heterocycles. The minimum atomic E-state index is -1.42. The standard InChI is InChI=1S/C43H38FN5O11.C2H3N/c1-22(24-5-11-27(44)12-6-24)23(2)39(53)47-29-15-7-25(8-16-29)40(54)45-21-34(50)46-28-13-9-26(10-14-28)41(55)48-32-19-17-30(35(51)37(32)59-3)42(56)49-33-20-18-31(43(57)58)36(52)38(33)60-4;1-2-3/h5-20,51-52H,21H2,1-4H3,(H,45,54)(H,46,50)(H,47,53)(H,48,55)(H,49,56)(H,57,58);1H3/b23-22+;. The first-order chi connectivity index (χ1) is 30.0. The van der Waals surface area contributed by atoms with Crippen LogP contribution in [0.5, 0.6) is 23.0 Å². The molecule has 0 fully saturated rings. The number of halogens is 1. The maximum Gasteiger partial charge on any atom is 0.339 e. The fraction of sp³-hybridized carbons (Fsp3) is 0.133. The maximum atomic E-state index is 13.3. The number of amides is 5. The number of anilines is 4. The lowest BCUT2D eigenvalue weighted by Gasteiger charge is -2.16. The third kappa shape index (κ3) is 11.9. The van der Waals surface area contributed by atoms with Gasteiger partial charge in [0.2, 0.25) is 5.91 Å². The first-order valence-electron chi connectivity index (χ1n) is 18.5. The van der Waals surface area contributed by atoms with Crippen LogP contribution in [0, 0.1) is 17.1 Å². The molecule has 0 aliphatic carbocycles. The Kier molecular flexibility index (Phi) is 16.0. The van der Waals surface area contributed by atoms with E-state index < -0.39 is 46.7 Å². The molecule has 0 atom stereocenters. The van der Waals surface area contributed by atoms with Crippen molar-refractivity contribution in [2.45, 2.75) is 20.8 Å². The average Bonchev–Trinajstić information content (AvgIpc) is 3.26. The van der Waals surface area contributed by atoms with Crippen molar-refractivity contribution in [2.24, 2.45) is 0 Å². The highest BCUT2D eigenvalue weighted by Crippen LogP contribution is 2.40. The summed E-state index contributed by atoms with van der Waals surface area (Å²) in [4.78, 5) is 75.6. The number of phenolic OH excluding ortho intramolecular Hbond substituents is 1. The molecular formula is C45H41FN6O11. The number of aromatic hydroxyl groups is 2. The van der Waals surface area contributed by atoms with E-state index in [9.17, 15) is 48.5 Å². The van der Waals surface area contributed by atoms with Gasteiger partial charge in [0.15, 0.2) is 23.0 Å². The van der Waals surface area contributed by atoms with Crippen molar-refractivity contribution in [3.05, 3.63) is 136 Å². The number of carboxylic acids is 1. The Hall–Kier alpha value is -8.72. The van der Waals surface area contributed by atoms with Gasteiger partial charge in [0.1, 0.15) is 11.4 Å². The fourth-order valence-electron chi connectivity index (χ4n) is 5.68. The summed E-state index contributed by atoms with van der Waals surface area (Å²) in [5.41, 5.74) is 2.12. The Bertz CT molecular complexity index is 2620. The molecule has 0 radical (unpaired) electrons. The number of aromatic carboxylic acids is 1. The van der Waals surface area contributed by atoms with E-state index in [1.165, 1.54) is 92.9 Å². The molecule has 5 aromatic carbocycles. The number of carboxylic acid groups (broad SMARTS) is 1. The number of nitrogens with one attached hydrogen (secondary N) is 5. The van der Waals surface area contributed by atoms with Crippen LogP contribution in [0.4, 0.5) is 27.1 Å². The molecule has 18 heteroatoms. The lowest BCUT2D eigenvalue weighted by molar-refractivity contribution is -0.115. The summed E-state index contributed by atoms with van der Waals surface area (Å²) in [6.45, 7) is 4.46. The predicted molar refractivity (Wildman–Crippen MR) is 231 cm³/mol. The Morgan fingerprint density at radius 2 is 1.06 bits per heavy atom. The SMILES string of the molecule is CC#N.COc1c(NC(=O)c2ccc(NC(=O)c3ccc(NC(=O)CNC(=O)c4ccc(NC(=O)/C(C)=C(\C)c5ccc(F)cc5)cc4)cc3)c(OC)c2O)ccc(C(=O)O)c1O. The van der Waals surface area contributed by atoms with E-state index in [4.69, 9.17) is 14.7 Å². The summed E-state index contributed by atoms with van der Waals surface area (Å²) in [6, 6.07) is 24.1. The zero-order chi connectivity index (χ0) is 46.4. The van der Waals surface area contributed by atoms with Crippen molar-refractivity contribution in [1.82, 2.24) is 5.32 Å². The second kappa shape index (κ2) is 21.5. The van der Waals surface area contributed by atoms with Gasteiger partial charge in [-0.25, -0.2) is 9.18 Å². The number of ether oxygens (including phenoxy) is 2. The largest absolute Gasteiger partial charge is 0.504 e. The van der Waals surface area contributed by atoms with Crippen LogP contribution in [0.25, 0.3) is 5.57 Å². The van der Waals surface area contributed by atoms with Crippen molar-refractivity contribution < 1.29 is 58.0 Å². The van der Waals surface area contributed by atoms with Gasteiger partial charge in [-0.1, -0.05) is 12.1 Å². The van der Waals surface area contributed by atoms with Crippen molar-refractivity contribution in [1.29, 1.82) is 5.26 Å². The van der Waals surface area contributed by atoms with Crippen LogP contribution in [-0.2, 0) is 9.59 Å². The highest BCUT2D eigenvalue weighted by atomic mass is 19.1. The molecule has 63 heavy (non-hydrogen) atoms. The number of hydrogen-bond donors (Lipinski definition) is 8. The highest BCUT2D eigenvalue weighted by molar-refractivity contribution is 6.11. The highest BCUT2D eigenvalue weighted by Gasteiger charge is 2.24. The smallest absolute Gasteiger partial charge is 0.339 e. The topological polar surface area (TPSA) is 266 Å². The molecule has 8 N–H and O–H groups in total. The van der Waals surface area contributed by atoms with Gasteiger partial charge >= 0.3 is 5.97 Å². The maximum absolute atomic E-state index is 13.3. The number of carbonyl (C=O) groups excluding carboxylic acids is 5. The summed E-state index contributed by atoms with van der Waals surface area (Å²) in [7, 11) is 2.37. The second-order valence-electron chi connectivity index (χ2n) is 13.1. The number of benzene rings is 5. The van der Waals surface area contributed by atoms with Gasteiger partial charge in [-0.2, -0.15) is 5.26 Å². The Balaban J connectivity index is 0.00000282. The van der Waals surface area contributed by atoms with Crippen LogP contribution in [0.2, 0.25) is 0 Å². The number of allylic oxidation sites excluding steroid dienone is 1. The number of carbonyl (C=O) groups is 6. The van der Waals surface area contributed by atoms with Gasteiger partial charge in [0, 0.05) is 35.0 Å². The number of phenols is 2. The van der Waals surface area contributed by atoms with Crippen LogP contribution < -0.4 is 36.1 Å². The number of nitriles is 1. The molecule has 0 saturated heterocycles. The van der Waals surface area contributed by atoms with E-state index >= 15 is 0 Å². The molecule has 0 spiro atoms. The van der Waals surface area contributed by atoms with Crippen LogP contribution in [0.15, 0.2) is 103 Å². The minimum Gasteiger partial charge on any atom is -0.504 e. The van der Waals surface area contributed by atoms with E-state index in [-0.39, 0.29) is 57.8 Å². The van der Waals surface area contributed by atoms with Crippen molar-refractivity contribution in [3.63, 3.8) is 0 Å². The molecule has 0 saturated carbocycles. The zero-order valence-corrected chi connectivity index (χ0v) is 34.4. The monoisotopic (exact) mass is 860 g/mol. The molecule has 0 unspecified atom stereocenters. The Morgan fingerprint density at radius 1 is 0.619 bits per heavy atom. The number of nitrogens with zero attached hydrogens (tertiary/aromatic N) is 1. The van der Waals surface area contributed by atoms with Gasteiger partial charge in [-0.05, 0) is 110 Å². The Labute approximate surface area is 359 Å². The predicted octanol–water partition coefficient (Wildman–Crippen LogP) is 6.79. The summed E-state index contributed by atoms with van der Waals surface area (Å²) in [5.74, 6) is -6.70. The summed E-state index contributed by atoms with van der Waals surface area (Å²) < 4.78 is 23.6. The molecule has 0 aliphatic heterocycles. The lowest BCUT2D eigenvalue weighted by atomic mass is 10.0. The molecule has 5 amide bonds. The first-order valence-corrected chi connectivity index (χ1v) is 18.5. The van der Waals surface area contributed by atoms with Crippen molar-refractivity contribution >= 4 is 63.8 Å². The number of rotatable bonds is 14. The zero-order valence-electron chi connectivity index (χ0n) is 34.4. The van der Waals surface area contributed by atoms with E-state index in [1.54, 1.807) is 32.0 Å². The van der Waals surface area contributed by atoms with Crippen LogP contribution >= 0.6 is 0 Å². The number of hydrogen-bond acceptors (Lipinski definition) is 11. The van der Waals surface area contributed by atoms with Gasteiger partial charge in [0.25, 0.3) is 23.6 Å². The van der Waals surface area contributed by atoms with E-state index in [1.807, 2.05) is 0 Å². The molecular weight excluding hydrogens is 820 g/mol. The third-order valence-corrected chi connectivity index (χ3v) is 9.07. The van der Waals surface area contributed by atoms with Crippen molar-refractivity contribution in [2.75, 3.05) is 42.0 Å². The first kappa shape index (κ1) is 47.0. The van der Waals surface area contributed by atoms with Gasteiger partial charge in [-0.3, -0.25) is 24.0 Å². The van der Waals surface area contributed by atoms with E-state index in [0.717, 1.165) is 13.2 Å². The van der Waals surface area contributed by atoms with Crippen LogP contribution in [0.1, 0.15) is 67.8 Å². The summed E-state index contributed by atoms with van der Waals surface area (Å²) in [6.07, 6.45) is 0. The summed E-state index contributed by atoms with van der Waals surface area (Å²) >= 11 is 0. The fourth-order valence-corrected chi connectivity index (χ4v) is 5.68. The minimum absolute atomic E-state index is 0.00551. The van der Waals surface area contributed by atoms with E-state index in [2.05, 4.69) is 26.6 Å². The molecule has 324 valence electrons.